The van der Waals surface area contributed by atoms with Crippen LogP contribution in [-0.4, -0.2) is 17.5 Å². The number of H-pyrrole nitrogens is 1. The summed E-state index contributed by atoms with van der Waals surface area (Å²) < 4.78 is 5.65. The predicted octanol–water partition coefficient (Wildman–Crippen LogP) is 4.12. The second-order valence-corrected chi connectivity index (χ2v) is 6.20. The highest BCUT2D eigenvalue weighted by atomic mass is 32.2. The van der Waals surface area contributed by atoms with E-state index in [0.717, 1.165) is 33.3 Å². The lowest BCUT2D eigenvalue weighted by Gasteiger charge is -2.18. The van der Waals surface area contributed by atoms with Crippen LogP contribution in [0.3, 0.4) is 0 Å². The van der Waals surface area contributed by atoms with E-state index in [1.165, 1.54) is 11.8 Å². The van der Waals surface area contributed by atoms with E-state index in [4.69, 9.17) is 4.74 Å². The molecule has 1 aromatic heterocycles. The Balaban J connectivity index is 1.96. The molecule has 22 heavy (non-hydrogen) atoms. The first-order valence-corrected chi connectivity index (χ1v) is 8.03. The minimum absolute atomic E-state index is 0.0756. The first kappa shape index (κ1) is 14.8. The van der Waals surface area contributed by atoms with Crippen molar-refractivity contribution in [1.82, 2.24) is 4.98 Å². The lowest BCUT2D eigenvalue weighted by molar-refractivity contribution is -0.112. The summed E-state index contributed by atoms with van der Waals surface area (Å²) in [7, 11) is 0. The van der Waals surface area contributed by atoms with Crippen LogP contribution in [0.5, 0.6) is 5.75 Å². The maximum Gasteiger partial charge on any atom is 0.262 e. The molecule has 2 aromatic rings. The smallest absolute Gasteiger partial charge is 0.262 e. The molecule has 5 heteroatoms. The van der Waals surface area contributed by atoms with Crippen molar-refractivity contribution in [3.63, 3.8) is 0 Å². The molecule has 114 valence electrons. The summed E-state index contributed by atoms with van der Waals surface area (Å²) in [5.74, 6) is 0.796. The largest absolute Gasteiger partial charge is 0.492 e. The number of nitrogens with one attached hydrogen (secondary N) is 2. The van der Waals surface area contributed by atoms with Gasteiger partial charge in [-0.15, -0.1) is 0 Å². The molecule has 0 bridgehead atoms. The van der Waals surface area contributed by atoms with Crippen molar-refractivity contribution in [1.29, 1.82) is 0 Å². The Bertz CT molecular complexity index is 762. The minimum atomic E-state index is -0.0756. The molecule has 4 nitrogen and oxygen atoms in total. The van der Waals surface area contributed by atoms with Gasteiger partial charge in [-0.25, -0.2) is 0 Å². The topological polar surface area (TPSA) is 54.1 Å². The molecule has 1 aliphatic rings. The van der Waals surface area contributed by atoms with Crippen molar-refractivity contribution in [2.75, 3.05) is 11.9 Å². The molecule has 0 unspecified atom stereocenters. The summed E-state index contributed by atoms with van der Waals surface area (Å²) in [6.07, 6.45) is 1.89. The number of benzene rings is 1. The second kappa shape index (κ2) is 5.93. The van der Waals surface area contributed by atoms with Crippen LogP contribution in [0.1, 0.15) is 23.9 Å². The van der Waals surface area contributed by atoms with E-state index in [1.54, 1.807) is 0 Å². The van der Waals surface area contributed by atoms with Crippen molar-refractivity contribution in [3.8, 4) is 5.75 Å². The quantitative estimate of drug-likeness (QED) is 0.838. The molecule has 1 amide bonds. The van der Waals surface area contributed by atoms with Crippen molar-refractivity contribution in [3.05, 3.63) is 46.1 Å². The summed E-state index contributed by atoms with van der Waals surface area (Å²) in [4.78, 5) is 17.3. The van der Waals surface area contributed by atoms with E-state index < -0.39 is 0 Å². The lowest BCUT2D eigenvalue weighted by Crippen LogP contribution is -2.17. The Kier molecular flexibility index (Phi) is 3.98. The van der Waals surface area contributed by atoms with Gasteiger partial charge in [0.15, 0.2) is 0 Å². The Morgan fingerprint density at radius 1 is 1.27 bits per heavy atom. The third kappa shape index (κ3) is 2.64. The fraction of sp³-hybridized carbons (Fsp3) is 0.235. The monoisotopic (exact) mass is 314 g/mol. The van der Waals surface area contributed by atoms with E-state index >= 15 is 0 Å². The zero-order valence-corrected chi connectivity index (χ0v) is 13.6. The van der Waals surface area contributed by atoms with Crippen molar-refractivity contribution in [2.45, 2.75) is 25.7 Å². The minimum Gasteiger partial charge on any atom is -0.492 e. The van der Waals surface area contributed by atoms with Crippen LogP contribution in [0, 0.1) is 13.8 Å². The van der Waals surface area contributed by atoms with Gasteiger partial charge in [-0.05, 0) is 39.0 Å². The molecule has 0 saturated heterocycles. The molecular formula is C17H18N2O2S. The zero-order valence-electron chi connectivity index (χ0n) is 12.8. The van der Waals surface area contributed by atoms with E-state index in [2.05, 4.69) is 10.3 Å². The van der Waals surface area contributed by atoms with Gasteiger partial charge < -0.3 is 15.0 Å². The fourth-order valence-corrected chi connectivity index (χ4v) is 3.43. The molecule has 0 aliphatic carbocycles. The molecule has 0 atom stereocenters. The highest BCUT2D eigenvalue weighted by Gasteiger charge is 2.21. The SMILES string of the molecule is CCOc1c(C)[nH]c(/C=C2\Sc3ccccc3NC2=O)c1C. The van der Waals surface area contributed by atoms with Gasteiger partial charge in [-0.3, -0.25) is 4.79 Å². The van der Waals surface area contributed by atoms with Crippen LogP contribution in [-0.2, 0) is 4.79 Å². The number of aryl methyl sites for hydroxylation is 1. The summed E-state index contributed by atoms with van der Waals surface area (Å²) in [6.45, 7) is 6.56. The van der Waals surface area contributed by atoms with E-state index in [9.17, 15) is 4.79 Å². The van der Waals surface area contributed by atoms with Crippen molar-refractivity contribution in [2.24, 2.45) is 0 Å². The van der Waals surface area contributed by atoms with Crippen LogP contribution >= 0.6 is 11.8 Å². The molecule has 3 rings (SSSR count). The van der Waals surface area contributed by atoms with Gasteiger partial charge in [-0.1, -0.05) is 23.9 Å². The third-order valence-electron chi connectivity index (χ3n) is 3.55. The number of rotatable bonds is 3. The predicted molar refractivity (Wildman–Crippen MR) is 90.3 cm³/mol. The van der Waals surface area contributed by atoms with Gasteiger partial charge in [0.05, 0.1) is 22.9 Å². The first-order chi connectivity index (χ1) is 10.6. The third-order valence-corrected chi connectivity index (χ3v) is 4.65. The van der Waals surface area contributed by atoms with Crippen molar-refractivity contribution < 1.29 is 9.53 Å². The number of ether oxygens (including phenoxy) is 1. The molecule has 1 aliphatic heterocycles. The first-order valence-electron chi connectivity index (χ1n) is 7.22. The maximum atomic E-state index is 12.2. The Labute approximate surface area is 134 Å². The highest BCUT2D eigenvalue weighted by molar-refractivity contribution is 8.04. The van der Waals surface area contributed by atoms with E-state index in [1.807, 2.05) is 51.1 Å². The van der Waals surface area contributed by atoms with Gasteiger partial charge in [-0.2, -0.15) is 0 Å². The number of carbonyl (C=O) groups is 1. The number of amides is 1. The number of anilines is 1. The summed E-state index contributed by atoms with van der Waals surface area (Å²) >= 11 is 1.49. The van der Waals surface area contributed by atoms with E-state index in [-0.39, 0.29) is 5.91 Å². The average Bonchev–Trinajstić information content (AvgIpc) is 2.76. The summed E-state index contributed by atoms with van der Waals surface area (Å²) in [6, 6.07) is 7.80. The summed E-state index contributed by atoms with van der Waals surface area (Å²) in [5, 5.41) is 2.92. The average molecular weight is 314 g/mol. The lowest BCUT2D eigenvalue weighted by atomic mass is 10.2. The molecular weight excluding hydrogens is 296 g/mol. The number of carbonyl (C=O) groups excluding carboxylic acids is 1. The van der Waals surface area contributed by atoms with Crippen LogP contribution in [0.25, 0.3) is 6.08 Å². The maximum absolute atomic E-state index is 12.2. The van der Waals surface area contributed by atoms with Gasteiger partial charge in [0.1, 0.15) is 5.75 Å². The zero-order chi connectivity index (χ0) is 15.7. The van der Waals surface area contributed by atoms with Crippen LogP contribution in [0.2, 0.25) is 0 Å². The Morgan fingerprint density at radius 2 is 2.05 bits per heavy atom. The number of thioether (sulfide) groups is 1. The van der Waals surface area contributed by atoms with Gasteiger partial charge in [0.2, 0.25) is 0 Å². The Hall–Kier alpha value is -2.14. The number of hydrogen-bond acceptors (Lipinski definition) is 3. The molecule has 0 saturated carbocycles. The number of hydrogen-bond donors (Lipinski definition) is 2. The van der Waals surface area contributed by atoms with Crippen LogP contribution < -0.4 is 10.1 Å². The number of fused-ring (bicyclic) bond motifs is 1. The number of para-hydroxylation sites is 1. The molecule has 1 aromatic carbocycles. The van der Waals surface area contributed by atoms with Gasteiger partial charge >= 0.3 is 0 Å². The number of aromatic amines is 1. The van der Waals surface area contributed by atoms with Crippen LogP contribution in [0.4, 0.5) is 5.69 Å². The van der Waals surface area contributed by atoms with Gasteiger partial charge in [0, 0.05) is 16.2 Å². The molecule has 0 fully saturated rings. The van der Waals surface area contributed by atoms with Gasteiger partial charge in [0.25, 0.3) is 5.91 Å². The Morgan fingerprint density at radius 3 is 2.82 bits per heavy atom. The summed E-state index contributed by atoms with van der Waals surface area (Å²) in [5.41, 5.74) is 3.79. The molecule has 0 spiro atoms. The van der Waals surface area contributed by atoms with E-state index in [0.29, 0.717) is 11.5 Å². The number of aromatic nitrogens is 1. The van der Waals surface area contributed by atoms with Crippen LogP contribution in [0.15, 0.2) is 34.1 Å². The second-order valence-electron chi connectivity index (χ2n) is 5.11. The standard InChI is InChI=1S/C17H18N2O2S/c1-4-21-16-10(2)13(18-11(16)3)9-15-17(20)19-12-7-5-6-8-14(12)22-15/h5-9,18H,4H2,1-3H3,(H,19,20)/b15-9-. The van der Waals surface area contributed by atoms with Crippen molar-refractivity contribution >= 4 is 29.4 Å². The highest BCUT2D eigenvalue weighted by Crippen LogP contribution is 2.39. The normalized spacial score (nSPS) is 15.6. The molecule has 2 N–H and O–H groups in total. The fourth-order valence-electron chi connectivity index (χ4n) is 2.50. The molecule has 2 heterocycles. The molecule has 0 radical (unpaired) electrons.